The molecule has 4 nitrogen and oxygen atoms in total. The normalized spacial score (nSPS) is 22.1. The van der Waals surface area contributed by atoms with Crippen LogP contribution in [-0.2, 0) is 10.2 Å². The van der Waals surface area contributed by atoms with Crippen molar-refractivity contribution in [2.75, 3.05) is 11.9 Å². The van der Waals surface area contributed by atoms with E-state index in [0.717, 1.165) is 29.8 Å². The number of benzene rings is 1. The Labute approximate surface area is 100 Å². The molecule has 0 saturated heterocycles. The van der Waals surface area contributed by atoms with Gasteiger partial charge >= 0.3 is 0 Å². The van der Waals surface area contributed by atoms with Crippen LogP contribution in [0.5, 0.6) is 5.75 Å². The lowest BCUT2D eigenvalue weighted by atomic mass is 9.88. The van der Waals surface area contributed by atoms with Crippen LogP contribution in [0.1, 0.15) is 25.3 Å². The van der Waals surface area contributed by atoms with Crippen molar-refractivity contribution >= 4 is 11.6 Å². The number of para-hydroxylation sites is 1. The molecule has 1 aromatic rings. The highest BCUT2D eigenvalue weighted by Gasteiger charge is 2.49. The summed E-state index contributed by atoms with van der Waals surface area (Å²) < 4.78 is 5.58. The van der Waals surface area contributed by atoms with Crippen molar-refractivity contribution in [1.29, 1.82) is 0 Å². The first kappa shape index (κ1) is 10.6. The summed E-state index contributed by atoms with van der Waals surface area (Å²) in [6.45, 7) is 2.13. The van der Waals surface area contributed by atoms with Crippen LogP contribution in [0, 0.1) is 0 Å². The second-order valence-corrected chi connectivity index (χ2v) is 4.96. The molecule has 1 atom stereocenters. The number of nitrogens with two attached hydrogens (primary N) is 1. The average Bonchev–Trinajstić information content (AvgIpc) is 3.09. The molecule has 17 heavy (non-hydrogen) atoms. The van der Waals surface area contributed by atoms with Crippen molar-refractivity contribution in [3.8, 4) is 5.75 Å². The number of carbonyl (C=O) groups excluding carboxylic acids is 1. The maximum Gasteiger partial charge on any atom is 0.262 e. The van der Waals surface area contributed by atoms with Gasteiger partial charge in [-0.3, -0.25) is 4.79 Å². The van der Waals surface area contributed by atoms with E-state index in [9.17, 15) is 4.79 Å². The Morgan fingerprint density at radius 3 is 2.88 bits per heavy atom. The second-order valence-electron chi connectivity index (χ2n) is 4.96. The van der Waals surface area contributed by atoms with Crippen LogP contribution in [0.4, 0.5) is 5.69 Å². The summed E-state index contributed by atoms with van der Waals surface area (Å²) in [6.07, 6.45) is 2.19. The van der Waals surface area contributed by atoms with Crippen molar-refractivity contribution in [3.05, 3.63) is 23.8 Å². The highest BCUT2D eigenvalue weighted by Crippen LogP contribution is 2.54. The molecule has 4 heteroatoms. The van der Waals surface area contributed by atoms with Gasteiger partial charge < -0.3 is 15.8 Å². The molecule has 0 radical (unpaired) electrons. The molecule has 1 unspecified atom stereocenters. The van der Waals surface area contributed by atoms with Crippen LogP contribution >= 0.6 is 0 Å². The molecule has 1 aliphatic heterocycles. The Morgan fingerprint density at radius 2 is 2.24 bits per heavy atom. The predicted molar refractivity (Wildman–Crippen MR) is 65.1 cm³/mol. The van der Waals surface area contributed by atoms with Crippen molar-refractivity contribution in [2.45, 2.75) is 31.2 Å². The van der Waals surface area contributed by atoms with Gasteiger partial charge in [0.15, 0.2) is 6.61 Å². The SMILES string of the molecule is CC(N)C1(c2cccc3c2OCC(=O)N3)CC1. The van der Waals surface area contributed by atoms with E-state index in [-0.39, 0.29) is 24.0 Å². The molecule has 0 aromatic heterocycles. The number of hydrogen-bond donors (Lipinski definition) is 2. The topological polar surface area (TPSA) is 64.3 Å². The van der Waals surface area contributed by atoms with Gasteiger partial charge in [0.1, 0.15) is 5.75 Å². The van der Waals surface area contributed by atoms with E-state index in [1.54, 1.807) is 0 Å². The zero-order valence-corrected chi connectivity index (χ0v) is 9.82. The van der Waals surface area contributed by atoms with Gasteiger partial charge in [-0.2, -0.15) is 0 Å². The number of fused-ring (bicyclic) bond motifs is 1. The Morgan fingerprint density at radius 1 is 1.47 bits per heavy atom. The van der Waals surface area contributed by atoms with Gasteiger partial charge in [-0.15, -0.1) is 0 Å². The molecule has 3 rings (SSSR count). The molecule has 1 saturated carbocycles. The molecule has 90 valence electrons. The zero-order chi connectivity index (χ0) is 12.0. The van der Waals surface area contributed by atoms with E-state index < -0.39 is 0 Å². The van der Waals surface area contributed by atoms with Crippen LogP contribution in [0.3, 0.4) is 0 Å². The van der Waals surface area contributed by atoms with Gasteiger partial charge in [0.05, 0.1) is 5.69 Å². The summed E-state index contributed by atoms with van der Waals surface area (Å²) in [5, 5.41) is 2.83. The van der Waals surface area contributed by atoms with Crippen LogP contribution < -0.4 is 15.8 Å². The first-order valence-corrected chi connectivity index (χ1v) is 5.95. The molecule has 0 spiro atoms. The second kappa shape index (κ2) is 3.47. The number of rotatable bonds is 2. The number of nitrogens with one attached hydrogen (secondary N) is 1. The zero-order valence-electron chi connectivity index (χ0n) is 9.82. The monoisotopic (exact) mass is 232 g/mol. The minimum absolute atomic E-state index is 0.0490. The fraction of sp³-hybridized carbons (Fsp3) is 0.462. The van der Waals surface area contributed by atoms with E-state index in [2.05, 4.69) is 11.4 Å². The fourth-order valence-electron chi connectivity index (χ4n) is 2.61. The van der Waals surface area contributed by atoms with Gasteiger partial charge in [-0.25, -0.2) is 0 Å². The summed E-state index contributed by atoms with van der Waals surface area (Å²) in [4.78, 5) is 11.3. The van der Waals surface area contributed by atoms with E-state index in [0.29, 0.717) is 0 Å². The van der Waals surface area contributed by atoms with E-state index >= 15 is 0 Å². The smallest absolute Gasteiger partial charge is 0.262 e. The Kier molecular flexibility index (Phi) is 2.16. The maximum atomic E-state index is 11.3. The molecule has 1 aromatic carbocycles. The Hall–Kier alpha value is -1.55. The minimum atomic E-state index is -0.0970. The van der Waals surface area contributed by atoms with Crippen LogP contribution in [0.15, 0.2) is 18.2 Å². The van der Waals surface area contributed by atoms with Gasteiger partial charge in [0.25, 0.3) is 5.91 Å². The number of amides is 1. The van der Waals surface area contributed by atoms with Crippen LogP contribution in [0.25, 0.3) is 0 Å². The summed E-state index contributed by atoms with van der Waals surface area (Å²) in [7, 11) is 0. The quantitative estimate of drug-likeness (QED) is 0.810. The molecule has 1 fully saturated rings. The number of carbonyl (C=O) groups is 1. The van der Waals surface area contributed by atoms with Gasteiger partial charge in [-0.05, 0) is 25.8 Å². The van der Waals surface area contributed by atoms with E-state index in [1.165, 1.54) is 0 Å². The lowest BCUT2D eigenvalue weighted by Crippen LogP contribution is -2.33. The van der Waals surface area contributed by atoms with Crippen LogP contribution in [-0.4, -0.2) is 18.6 Å². The van der Waals surface area contributed by atoms with Gasteiger partial charge in [0, 0.05) is 17.0 Å². The summed E-state index contributed by atoms with van der Waals surface area (Å²) in [5.74, 6) is 0.710. The van der Waals surface area contributed by atoms with Crippen molar-refractivity contribution in [1.82, 2.24) is 0 Å². The number of ether oxygens (including phenoxy) is 1. The predicted octanol–water partition coefficient (Wildman–Crippen LogP) is 1.40. The molecular weight excluding hydrogens is 216 g/mol. The minimum Gasteiger partial charge on any atom is -0.481 e. The fourth-order valence-corrected chi connectivity index (χ4v) is 2.61. The third kappa shape index (κ3) is 1.52. The van der Waals surface area contributed by atoms with Gasteiger partial charge in [0.2, 0.25) is 0 Å². The summed E-state index contributed by atoms with van der Waals surface area (Å²) in [6, 6.07) is 5.99. The first-order valence-electron chi connectivity index (χ1n) is 5.95. The van der Waals surface area contributed by atoms with Crippen LogP contribution in [0.2, 0.25) is 0 Å². The first-order chi connectivity index (χ1) is 8.13. The molecule has 2 aliphatic rings. The molecule has 3 N–H and O–H groups in total. The molecule has 1 aliphatic carbocycles. The van der Waals surface area contributed by atoms with Crippen molar-refractivity contribution in [3.63, 3.8) is 0 Å². The molecule has 0 bridgehead atoms. The third-order valence-electron chi connectivity index (χ3n) is 3.83. The van der Waals surface area contributed by atoms with E-state index in [4.69, 9.17) is 10.5 Å². The lowest BCUT2D eigenvalue weighted by molar-refractivity contribution is -0.118. The summed E-state index contributed by atoms with van der Waals surface area (Å²) >= 11 is 0. The maximum absolute atomic E-state index is 11.3. The highest BCUT2D eigenvalue weighted by atomic mass is 16.5. The lowest BCUT2D eigenvalue weighted by Gasteiger charge is -2.27. The highest BCUT2D eigenvalue weighted by molar-refractivity contribution is 5.95. The average molecular weight is 232 g/mol. The number of hydrogen-bond acceptors (Lipinski definition) is 3. The van der Waals surface area contributed by atoms with Crippen molar-refractivity contribution < 1.29 is 9.53 Å². The number of anilines is 1. The summed E-state index contributed by atoms with van der Waals surface area (Å²) in [5.41, 5.74) is 8.04. The molecular formula is C13H16N2O2. The standard InChI is InChI=1S/C13H16N2O2/c1-8(14)13(5-6-13)9-3-2-4-10-12(9)17-7-11(16)15-10/h2-4,8H,5-7,14H2,1H3,(H,15,16). The Balaban J connectivity index is 2.07. The largest absolute Gasteiger partial charge is 0.481 e. The van der Waals surface area contributed by atoms with E-state index in [1.807, 2.05) is 19.1 Å². The van der Waals surface area contributed by atoms with Gasteiger partial charge in [-0.1, -0.05) is 12.1 Å². The third-order valence-corrected chi connectivity index (χ3v) is 3.83. The Bertz CT molecular complexity index is 478. The molecule has 1 heterocycles. The van der Waals surface area contributed by atoms with Crippen molar-refractivity contribution in [2.24, 2.45) is 5.73 Å². The molecule has 1 amide bonds.